The van der Waals surface area contributed by atoms with Crippen LogP contribution >= 0.6 is 23.1 Å². The summed E-state index contributed by atoms with van der Waals surface area (Å²) in [5.74, 6) is 0.843. The van der Waals surface area contributed by atoms with Gasteiger partial charge in [-0.1, -0.05) is 60.3 Å². The molecule has 0 radical (unpaired) electrons. The van der Waals surface area contributed by atoms with Crippen molar-refractivity contribution in [2.75, 3.05) is 11.1 Å². The Bertz CT molecular complexity index is 1100. The molecule has 29 heavy (non-hydrogen) atoms. The fourth-order valence-corrected chi connectivity index (χ4v) is 4.34. The van der Waals surface area contributed by atoms with Crippen LogP contribution in [0, 0.1) is 13.8 Å². The zero-order chi connectivity index (χ0) is 20.2. The number of benzene rings is 2. The fourth-order valence-electron chi connectivity index (χ4n) is 2.76. The molecule has 1 amide bonds. The molecule has 2 aromatic carbocycles. The van der Waals surface area contributed by atoms with Crippen molar-refractivity contribution in [2.45, 2.75) is 19.0 Å². The van der Waals surface area contributed by atoms with Gasteiger partial charge in [0.15, 0.2) is 16.1 Å². The SMILES string of the molecule is Cc1nc(NC(=O)CSc2nnc(-c3ccccc3)n2-c2ccccc2)sc1C. The number of amides is 1. The first-order valence-electron chi connectivity index (χ1n) is 9.05. The molecule has 0 atom stereocenters. The molecule has 6 nitrogen and oxygen atoms in total. The molecular formula is C21H19N5OS2. The number of nitrogens with zero attached hydrogens (tertiary/aromatic N) is 4. The number of nitrogens with one attached hydrogen (secondary N) is 1. The molecule has 0 unspecified atom stereocenters. The van der Waals surface area contributed by atoms with Crippen LogP contribution in [0.1, 0.15) is 10.6 Å². The third kappa shape index (κ3) is 4.38. The molecule has 0 aliphatic heterocycles. The lowest BCUT2D eigenvalue weighted by Gasteiger charge is -2.10. The van der Waals surface area contributed by atoms with E-state index in [4.69, 9.17) is 0 Å². The Balaban J connectivity index is 1.57. The van der Waals surface area contributed by atoms with Gasteiger partial charge in [0.05, 0.1) is 11.4 Å². The minimum atomic E-state index is -0.118. The van der Waals surface area contributed by atoms with Crippen molar-refractivity contribution in [3.05, 3.63) is 71.2 Å². The van der Waals surface area contributed by atoms with Crippen molar-refractivity contribution in [1.82, 2.24) is 19.7 Å². The largest absolute Gasteiger partial charge is 0.301 e. The maximum Gasteiger partial charge on any atom is 0.236 e. The summed E-state index contributed by atoms with van der Waals surface area (Å²) in [5.41, 5.74) is 2.86. The van der Waals surface area contributed by atoms with Crippen LogP contribution in [0.25, 0.3) is 17.1 Å². The topological polar surface area (TPSA) is 72.7 Å². The highest BCUT2D eigenvalue weighted by Crippen LogP contribution is 2.28. The lowest BCUT2D eigenvalue weighted by atomic mass is 10.2. The maximum absolute atomic E-state index is 12.4. The lowest BCUT2D eigenvalue weighted by molar-refractivity contribution is -0.113. The number of aryl methyl sites for hydroxylation is 2. The van der Waals surface area contributed by atoms with Gasteiger partial charge in [0.1, 0.15) is 0 Å². The molecule has 1 N–H and O–H groups in total. The number of thiazole rings is 1. The molecule has 8 heteroatoms. The van der Waals surface area contributed by atoms with Gasteiger partial charge in [-0.15, -0.1) is 21.5 Å². The third-order valence-electron chi connectivity index (χ3n) is 4.29. The van der Waals surface area contributed by atoms with E-state index < -0.39 is 0 Å². The summed E-state index contributed by atoms with van der Waals surface area (Å²) in [6, 6.07) is 19.8. The average molecular weight is 422 g/mol. The van der Waals surface area contributed by atoms with E-state index in [-0.39, 0.29) is 11.7 Å². The van der Waals surface area contributed by atoms with Crippen molar-refractivity contribution in [3.8, 4) is 17.1 Å². The molecule has 2 heterocycles. The predicted molar refractivity (Wildman–Crippen MR) is 118 cm³/mol. The Morgan fingerprint density at radius 3 is 2.38 bits per heavy atom. The van der Waals surface area contributed by atoms with E-state index in [0.717, 1.165) is 27.6 Å². The van der Waals surface area contributed by atoms with E-state index in [1.807, 2.05) is 79.1 Å². The molecule has 4 aromatic rings. The lowest BCUT2D eigenvalue weighted by Crippen LogP contribution is -2.14. The first-order chi connectivity index (χ1) is 14.1. The number of hydrogen-bond donors (Lipinski definition) is 1. The summed E-state index contributed by atoms with van der Waals surface area (Å²) >= 11 is 2.83. The fraction of sp³-hybridized carbons (Fsp3) is 0.143. The van der Waals surface area contributed by atoms with Gasteiger partial charge in [-0.2, -0.15) is 0 Å². The van der Waals surface area contributed by atoms with Gasteiger partial charge in [0.2, 0.25) is 5.91 Å². The van der Waals surface area contributed by atoms with Crippen LogP contribution in [0.2, 0.25) is 0 Å². The van der Waals surface area contributed by atoms with Gasteiger partial charge < -0.3 is 5.32 Å². The second-order valence-electron chi connectivity index (χ2n) is 6.34. The van der Waals surface area contributed by atoms with E-state index in [2.05, 4.69) is 20.5 Å². The molecule has 0 spiro atoms. The Hall–Kier alpha value is -2.97. The summed E-state index contributed by atoms with van der Waals surface area (Å²) in [6.45, 7) is 3.93. The number of thioether (sulfide) groups is 1. The molecular weight excluding hydrogens is 402 g/mol. The van der Waals surface area contributed by atoms with E-state index in [1.165, 1.54) is 23.1 Å². The van der Waals surface area contributed by atoms with E-state index in [0.29, 0.717) is 10.3 Å². The molecule has 146 valence electrons. The van der Waals surface area contributed by atoms with E-state index in [1.54, 1.807) is 0 Å². The number of anilines is 1. The minimum absolute atomic E-state index is 0.118. The molecule has 0 saturated carbocycles. The van der Waals surface area contributed by atoms with Crippen molar-refractivity contribution in [3.63, 3.8) is 0 Å². The first-order valence-corrected chi connectivity index (χ1v) is 10.8. The van der Waals surface area contributed by atoms with Gasteiger partial charge in [0, 0.05) is 16.1 Å². The van der Waals surface area contributed by atoms with Crippen LogP contribution in [0.5, 0.6) is 0 Å². The number of carbonyl (C=O) groups is 1. The highest BCUT2D eigenvalue weighted by Gasteiger charge is 2.17. The standard InChI is InChI=1S/C21H19N5OS2/c1-14-15(2)29-20(22-14)23-18(27)13-28-21-25-24-19(16-9-5-3-6-10-16)26(21)17-11-7-4-8-12-17/h3-12H,13H2,1-2H3,(H,22,23,27). The number of para-hydroxylation sites is 1. The van der Waals surface area contributed by atoms with E-state index >= 15 is 0 Å². The zero-order valence-electron chi connectivity index (χ0n) is 16.0. The Labute approximate surface area is 177 Å². The van der Waals surface area contributed by atoms with Crippen LogP contribution in [0.3, 0.4) is 0 Å². The minimum Gasteiger partial charge on any atom is -0.301 e. The van der Waals surface area contributed by atoms with Crippen molar-refractivity contribution < 1.29 is 4.79 Å². The Morgan fingerprint density at radius 1 is 1.03 bits per heavy atom. The third-order valence-corrected chi connectivity index (χ3v) is 6.20. The van der Waals surface area contributed by atoms with Gasteiger partial charge in [0.25, 0.3) is 0 Å². The number of hydrogen-bond acceptors (Lipinski definition) is 6. The van der Waals surface area contributed by atoms with Crippen LogP contribution in [-0.2, 0) is 4.79 Å². The van der Waals surface area contributed by atoms with Crippen LogP contribution in [0.15, 0.2) is 65.8 Å². The monoisotopic (exact) mass is 421 g/mol. The quantitative estimate of drug-likeness (QED) is 0.455. The first kappa shape index (κ1) is 19.4. The maximum atomic E-state index is 12.4. The van der Waals surface area contributed by atoms with Crippen molar-refractivity contribution in [2.24, 2.45) is 0 Å². The average Bonchev–Trinajstić information content (AvgIpc) is 3.30. The normalized spacial score (nSPS) is 10.8. The van der Waals surface area contributed by atoms with E-state index in [9.17, 15) is 4.79 Å². The Kier molecular flexibility index (Phi) is 5.73. The smallest absolute Gasteiger partial charge is 0.236 e. The van der Waals surface area contributed by atoms with Crippen LogP contribution < -0.4 is 5.32 Å². The second-order valence-corrected chi connectivity index (χ2v) is 8.49. The molecule has 0 fully saturated rings. The van der Waals surface area contributed by atoms with Gasteiger partial charge in [-0.25, -0.2) is 4.98 Å². The molecule has 4 rings (SSSR count). The number of rotatable bonds is 6. The summed E-state index contributed by atoms with van der Waals surface area (Å²) in [7, 11) is 0. The van der Waals surface area contributed by atoms with Crippen LogP contribution in [0.4, 0.5) is 5.13 Å². The van der Waals surface area contributed by atoms with Gasteiger partial charge in [-0.05, 0) is 26.0 Å². The molecule has 0 bridgehead atoms. The Morgan fingerprint density at radius 2 is 1.72 bits per heavy atom. The van der Waals surface area contributed by atoms with Gasteiger partial charge in [-0.3, -0.25) is 9.36 Å². The highest BCUT2D eigenvalue weighted by molar-refractivity contribution is 7.99. The van der Waals surface area contributed by atoms with Crippen LogP contribution in [-0.4, -0.2) is 31.4 Å². The van der Waals surface area contributed by atoms with Crippen molar-refractivity contribution in [1.29, 1.82) is 0 Å². The second kappa shape index (κ2) is 8.59. The number of aromatic nitrogens is 4. The molecule has 0 aliphatic rings. The number of carbonyl (C=O) groups excluding carboxylic acids is 1. The van der Waals surface area contributed by atoms with Crippen molar-refractivity contribution >= 4 is 34.1 Å². The molecule has 0 aliphatic carbocycles. The summed E-state index contributed by atoms with van der Waals surface area (Å²) in [6.07, 6.45) is 0. The zero-order valence-corrected chi connectivity index (χ0v) is 17.6. The summed E-state index contributed by atoms with van der Waals surface area (Å²) < 4.78 is 1.98. The highest BCUT2D eigenvalue weighted by atomic mass is 32.2. The predicted octanol–water partition coefficient (Wildman–Crippen LogP) is 4.74. The van der Waals surface area contributed by atoms with Gasteiger partial charge >= 0.3 is 0 Å². The summed E-state index contributed by atoms with van der Waals surface area (Å²) in [5, 5.41) is 12.9. The molecule has 2 aromatic heterocycles. The molecule has 0 saturated heterocycles. The summed E-state index contributed by atoms with van der Waals surface area (Å²) in [4.78, 5) is 17.9.